The second kappa shape index (κ2) is 6.83. The summed E-state index contributed by atoms with van der Waals surface area (Å²) in [6, 6.07) is 10.9. The average Bonchev–Trinajstić information content (AvgIpc) is 2.89. The van der Waals surface area contributed by atoms with Crippen LogP contribution in [0.1, 0.15) is 44.1 Å². The molecule has 17 heavy (non-hydrogen) atoms. The van der Waals surface area contributed by atoms with Crippen molar-refractivity contribution in [1.82, 2.24) is 0 Å². The fourth-order valence-electron chi connectivity index (χ4n) is 2.43. The molecular formula is C17H21. The van der Waals surface area contributed by atoms with Gasteiger partial charge in [-0.15, -0.1) is 0 Å². The van der Waals surface area contributed by atoms with Crippen molar-refractivity contribution in [1.29, 1.82) is 0 Å². The normalized spacial score (nSPS) is 18.4. The molecule has 1 aromatic rings. The molecule has 0 heteroatoms. The Labute approximate surface area is 106 Å². The molecule has 0 N–H and O–H groups in total. The molecule has 0 amide bonds. The second-order valence-electron chi connectivity index (χ2n) is 4.68. The van der Waals surface area contributed by atoms with Gasteiger partial charge in [-0.2, -0.15) is 0 Å². The van der Waals surface area contributed by atoms with Crippen LogP contribution in [0.5, 0.6) is 0 Å². The third-order valence-corrected chi connectivity index (χ3v) is 3.39. The molecule has 1 aliphatic carbocycles. The van der Waals surface area contributed by atoms with Crippen molar-refractivity contribution < 1.29 is 0 Å². The lowest BCUT2D eigenvalue weighted by Gasteiger charge is -2.23. The van der Waals surface area contributed by atoms with E-state index < -0.39 is 0 Å². The molecule has 0 unspecified atom stereocenters. The lowest BCUT2D eigenvalue weighted by Crippen LogP contribution is -2.08. The lowest BCUT2D eigenvalue weighted by atomic mass is 9.81. The summed E-state index contributed by atoms with van der Waals surface area (Å²) < 4.78 is 0. The topological polar surface area (TPSA) is 0 Å². The van der Waals surface area contributed by atoms with E-state index in [4.69, 9.17) is 0 Å². The maximum Gasteiger partial charge on any atom is -0.00925 e. The highest BCUT2D eigenvalue weighted by Gasteiger charge is 2.26. The van der Waals surface area contributed by atoms with Crippen LogP contribution in [0.15, 0.2) is 30.3 Å². The molecule has 89 valence electrons. The van der Waals surface area contributed by atoms with Crippen LogP contribution in [0.2, 0.25) is 0 Å². The molecule has 1 aromatic carbocycles. The maximum absolute atomic E-state index is 2.26. The Morgan fingerprint density at radius 3 is 2.29 bits per heavy atom. The van der Waals surface area contributed by atoms with E-state index in [9.17, 15) is 0 Å². The van der Waals surface area contributed by atoms with Gasteiger partial charge >= 0.3 is 0 Å². The Morgan fingerprint density at radius 2 is 1.65 bits per heavy atom. The summed E-state index contributed by atoms with van der Waals surface area (Å²) in [5.74, 6) is 2.05. The van der Waals surface area contributed by atoms with Gasteiger partial charge in [-0.05, 0) is 49.5 Å². The molecule has 0 aliphatic heterocycles. The Kier molecular flexibility index (Phi) is 5.09. The van der Waals surface area contributed by atoms with Gasteiger partial charge in [0.1, 0.15) is 0 Å². The first-order chi connectivity index (χ1) is 8.42. The Hall–Kier alpha value is -0.780. The summed E-state index contributed by atoms with van der Waals surface area (Å²) in [7, 11) is 0. The molecule has 0 saturated heterocycles. The number of hydrogen-bond donors (Lipinski definition) is 0. The van der Waals surface area contributed by atoms with E-state index in [1.54, 1.807) is 0 Å². The Morgan fingerprint density at radius 1 is 0.941 bits per heavy atom. The van der Waals surface area contributed by atoms with Crippen LogP contribution < -0.4 is 0 Å². The minimum Gasteiger partial charge on any atom is -0.0654 e. The molecule has 1 atom stereocenters. The molecule has 1 fully saturated rings. The highest BCUT2D eigenvalue weighted by atomic mass is 14.3. The number of unbranched alkanes of at least 4 members (excludes halogenated alkanes) is 2. The molecule has 0 nitrogen and oxygen atoms in total. The van der Waals surface area contributed by atoms with E-state index in [0.717, 1.165) is 0 Å². The first-order valence-corrected chi connectivity index (χ1v) is 6.68. The largest absolute Gasteiger partial charge is 0.0654 e. The standard InChI is InChI=1S/C17H21/c1-2-3-5-14-17(16-12-8-9-13-16)15-10-6-4-7-11-15/h4,6-13,17H,2-3,5,14H2,1H3/t17-/m1/s1. The van der Waals surface area contributed by atoms with Crippen LogP contribution >= 0.6 is 0 Å². The predicted octanol–water partition coefficient (Wildman–Crippen LogP) is 4.76. The molecule has 1 saturated carbocycles. The minimum absolute atomic E-state index is 0.581. The zero-order chi connectivity index (χ0) is 11.9. The number of hydrogen-bond acceptors (Lipinski definition) is 0. The first kappa shape index (κ1) is 12.7. The van der Waals surface area contributed by atoms with Crippen molar-refractivity contribution in [2.45, 2.75) is 38.5 Å². The summed E-state index contributed by atoms with van der Waals surface area (Å²) in [5, 5.41) is 0. The molecule has 0 heterocycles. The van der Waals surface area contributed by atoms with Crippen LogP contribution in [0.3, 0.4) is 0 Å². The van der Waals surface area contributed by atoms with Crippen LogP contribution in [0, 0.1) is 31.6 Å². The quantitative estimate of drug-likeness (QED) is 0.612. The van der Waals surface area contributed by atoms with Crippen LogP contribution in [0.25, 0.3) is 0 Å². The summed E-state index contributed by atoms with van der Waals surface area (Å²) >= 11 is 0. The van der Waals surface area contributed by atoms with Crippen molar-refractivity contribution in [2.75, 3.05) is 0 Å². The molecule has 0 aromatic heterocycles. The molecule has 5 radical (unpaired) electrons. The second-order valence-corrected chi connectivity index (χ2v) is 4.68. The fourth-order valence-corrected chi connectivity index (χ4v) is 2.43. The monoisotopic (exact) mass is 225 g/mol. The molecule has 1 aliphatic rings. The summed E-state index contributed by atoms with van der Waals surface area (Å²) in [6.45, 7) is 2.26. The van der Waals surface area contributed by atoms with E-state index in [2.05, 4.69) is 62.9 Å². The Balaban J connectivity index is 2.01. The fraction of sp³-hybridized carbons (Fsp3) is 0.353. The average molecular weight is 225 g/mol. The molecule has 0 bridgehead atoms. The molecular weight excluding hydrogens is 204 g/mol. The summed E-state index contributed by atoms with van der Waals surface area (Å²) in [5.41, 5.74) is 1.45. The van der Waals surface area contributed by atoms with E-state index in [1.165, 1.54) is 37.2 Å². The SMILES string of the molecule is CCCCC[C@@H]([C]1[CH][CH][CH][CH]1)c1ccccc1. The van der Waals surface area contributed by atoms with Crippen molar-refractivity contribution in [3.8, 4) is 0 Å². The molecule has 0 spiro atoms. The van der Waals surface area contributed by atoms with E-state index in [1.807, 2.05) is 0 Å². The zero-order valence-electron chi connectivity index (χ0n) is 10.6. The van der Waals surface area contributed by atoms with Crippen LogP contribution in [0.4, 0.5) is 0 Å². The van der Waals surface area contributed by atoms with Gasteiger partial charge in [-0.1, -0.05) is 56.5 Å². The first-order valence-electron chi connectivity index (χ1n) is 6.68. The van der Waals surface area contributed by atoms with Gasteiger partial charge in [-0.3, -0.25) is 0 Å². The van der Waals surface area contributed by atoms with E-state index in [-0.39, 0.29) is 0 Å². The highest BCUT2D eigenvalue weighted by molar-refractivity contribution is 5.43. The van der Waals surface area contributed by atoms with Gasteiger partial charge in [0.05, 0.1) is 0 Å². The van der Waals surface area contributed by atoms with Gasteiger partial charge in [0.15, 0.2) is 0 Å². The van der Waals surface area contributed by atoms with E-state index in [0.29, 0.717) is 5.92 Å². The highest BCUT2D eigenvalue weighted by Crippen LogP contribution is 2.39. The van der Waals surface area contributed by atoms with Gasteiger partial charge in [0.2, 0.25) is 0 Å². The van der Waals surface area contributed by atoms with Crippen LogP contribution in [-0.2, 0) is 0 Å². The van der Waals surface area contributed by atoms with Crippen molar-refractivity contribution in [2.24, 2.45) is 0 Å². The zero-order valence-corrected chi connectivity index (χ0v) is 10.6. The van der Waals surface area contributed by atoms with Crippen molar-refractivity contribution >= 4 is 0 Å². The summed E-state index contributed by atoms with van der Waals surface area (Å²) in [4.78, 5) is 0. The van der Waals surface area contributed by atoms with E-state index >= 15 is 0 Å². The smallest absolute Gasteiger partial charge is 0.00925 e. The van der Waals surface area contributed by atoms with Crippen LogP contribution in [-0.4, -0.2) is 0 Å². The molecule has 2 rings (SSSR count). The van der Waals surface area contributed by atoms with Gasteiger partial charge in [0.25, 0.3) is 0 Å². The third kappa shape index (κ3) is 3.59. The number of benzene rings is 1. The van der Waals surface area contributed by atoms with Gasteiger partial charge in [0, 0.05) is 0 Å². The number of rotatable bonds is 6. The lowest BCUT2D eigenvalue weighted by molar-refractivity contribution is 0.592. The van der Waals surface area contributed by atoms with Crippen molar-refractivity contribution in [3.63, 3.8) is 0 Å². The van der Waals surface area contributed by atoms with Crippen molar-refractivity contribution in [3.05, 3.63) is 67.5 Å². The minimum atomic E-state index is 0.581. The third-order valence-electron chi connectivity index (χ3n) is 3.39. The van der Waals surface area contributed by atoms with Gasteiger partial charge < -0.3 is 0 Å². The Bertz CT molecular complexity index is 295. The summed E-state index contributed by atoms with van der Waals surface area (Å²) in [6.07, 6.45) is 14.0. The van der Waals surface area contributed by atoms with Gasteiger partial charge in [-0.25, -0.2) is 0 Å². The maximum atomic E-state index is 2.26. The predicted molar refractivity (Wildman–Crippen MR) is 73.8 cm³/mol.